The molecule has 7 heteroatoms. The molecule has 3 N–H and O–H groups in total. The molecule has 0 radical (unpaired) electrons. The van der Waals surface area contributed by atoms with Crippen molar-refractivity contribution < 1.29 is 14.5 Å². The van der Waals surface area contributed by atoms with E-state index < -0.39 is 0 Å². The number of methoxy groups -OCH3 is 1. The molecule has 0 spiro atoms. The van der Waals surface area contributed by atoms with Gasteiger partial charge in [0.1, 0.15) is 29.8 Å². The molecule has 0 unspecified atom stereocenters. The molecule has 0 amide bonds. The van der Waals surface area contributed by atoms with E-state index in [1.54, 1.807) is 0 Å². The first-order valence-corrected chi connectivity index (χ1v) is 9.65. The zero-order valence-corrected chi connectivity index (χ0v) is 17.4. The molecule has 0 fully saturated rings. The Hall–Kier alpha value is -4.36. The van der Waals surface area contributed by atoms with Crippen LogP contribution in [0.2, 0.25) is 0 Å². The maximum atomic E-state index is 11.9. The van der Waals surface area contributed by atoms with E-state index in [4.69, 9.17) is 10.5 Å². The van der Waals surface area contributed by atoms with Crippen molar-refractivity contribution in [3.05, 3.63) is 64.0 Å². The number of hydrogen-bond donors (Lipinski definition) is 1. The number of nitrogens with two attached hydrogens (primary N) is 1. The summed E-state index contributed by atoms with van der Waals surface area (Å²) in [6.07, 6.45) is 3.89. The lowest BCUT2D eigenvalue weighted by Crippen LogP contribution is -2.20. The molecular formula is C24H20N5O2+. The summed E-state index contributed by atoms with van der Waals surface area (Å²) in [5, 5.41) is 20.3. The van der Waals surface area contributed by atoms with Gasteiger partial charge in [0, 0.05) is 28.2 Å². The lowest BCUT2D eigenvalue weighted by atomic mass is 9.95. The van der Waals surface area contributed by atoms with E-state index in [0.717, 1.165) is 38.7 Å². The Kier molecular flexibility index (Phi) is 4.81. The van der Waals surface area contributed by atoms with E-state index in [9.17, 15) is 15.3 Å². The number of H-pyrrole nitrogens is 1. The number of pyridine rings is 1. The number of nitrogens with zero attached hydrogens (tertiary/aromatic N) is 3. The second-order valence-corrected chi connectivity index (χ2v) is 7.38. The van der Waals surface area contributed by atoms with Crippen LogP contribution in [0.1, 0.15) is 34.9 Å². The lowest BCUT2D eigenvalue weighted by Gasteiger charge is -2.08. The SMILES string of the molecule is COC(=O)Cn1cc(/C=C2\C(C)=C(C#N)c3[nH+]c(N)c(C#N)c(C)c32)c2ccccc21. The highest BCUT2D eigenvalue weighted by atomic mass is 16.5. The van der Waals surface area contributed by atoms with Crippen molar-refractivity contribution in [3.63, 3.8) is 0 Å². The average molecular weight is 410 g/mol. The van der Waals surface area contributed by atoms with E-state index in [1.807, 2.05) is 55.0 Å². The summed E-state index contributed by atoms with van der Waals surface area (Å²) in [6.45, 7) is 3.81. The third-order valence-corrected chi connectivity index (χ3v) is 5.70. The van der Waals surface area contributed by atoms with Gasteiger partial charge in [0.15, 0.2) is 5.69 Å². The van der Waals surface area contributed by atoms with Crippen LogP contribution in [-0.4, -0.2) is 17.6 Å². The number of nitriles is 2. The van der Waals surface area contributed by atoms with Crippen molar-refractivity contribution in [2.45, 2.75) is 20.4 Å². The summed E-state index contributed by atoms with van der Waals surface area (Å²) in [4.78, 5) is 14.9. The monoisotopic (exact) mass is 410 g/mol. The van der Waals surface area contributed by atoms with Gasteiger partial charge in [0.25, 0.3) is 5.82 Å². The molecule has 7 nitrogen and oxygen atoms in total. The van der Waals surface area contributed by atoms with E-state index in [1.165, 1.54) is 7.11 Å². The predicted molar refractivity (Wildman–Crippen MR) is 117 cm³/mol. The van der Waals surface area contributed by atoms with Crippen LogP contribution in [0.15, 0.2) is 36.0 Å². The molecule has 31 heavy (non-hydrogen) atoms. The van der Waals surface area contributed by atoms with Crippen molar-refractivity contribution in [2.24, 2.45) is 0 Å². The first-order valence-electron chi connectivity index (χ1n) is 9.65. The Morgan fingerprint density at radius 1 is 1.26 bits per heavy atom. The zero-order valence-electron chi connectivity index (χ0n) is 17.4. The highest BCUT2D eigenvalue weighted by Crippen LogP contribution is 2.43. The van der Waals surface area contributed by atoms with Gasteiger partial charge in [-0.25, -0.2) is 4.98 Å². The Labute approximate surface area is 179 Å². The summed E-state index contributed by atoms with van der Waals surface area (Å²) in [6, 6.07) is 12.2. The first kappa shape index (κ1) is 19.9. The van der Waals surface area contributed by atoms with Crippen LogP contribution in [0.3, 0.4) is 0 Å². The number of fused-ring (bicyclic) bond motifs is 2. The number of hydrogen-bond acceptors (Lipinski definition) is 5. The molecule has 1 aliphatic carbocycles. The second-order valence-electron chi connectivity index (χ2n) is 7.38. The minimum absolute atomic E-state index is 0.0942. The smallest absolute Gasteiger partial charge is 0.325 e. The van der Waals surface area contributed by atoms with Gasteiger partial charge < -0.3 is 9.30 Å². The second kappa shape index (κ2) is 7.47. The van der Waals surface area contributed by atoms with E-state index in [0.29, 0.717) is 16.8 Å². The molecular weight excluding hydrogens is 390 g/mol. The Balaban J connectivity index is 1.99. The number of rotatable bonds is 3. The van der Waals surface area contributed by atoms with Gasteiger partial charge in [-0.2, -0.15) is 10.5 Å². The normalized spacial score (nSPS) is 13.9. The third kappa shape index (κ3) is 3.04. The fourth-order valence-corrected chi connectivity index (χ4v) is 4.15. The standard InChI is InChI=1S/C24H19N5O2/c1-13-17(22-14(2)19(10-26)24(27)28-23(22)18(13)9-25)8-15-11-29(12-21(30)31-3)20-7-5-4-6-16(15)20/h4-8,11H,12H2,1-3H3,(H2,27,28)/p+1/b17-8+. The number of para-hydroxylation sites is 1. The molecule has 0 saturated heterocycles. The predicted octanol–water partition coefficient (Wildman–Crippen LogP) is 3.24. The highest BCUT2D eigenvalue weighted by molar-refractivity contribution is 6.09. The summed E-state index contributed by atoms with van der Waals surface area (Å²) in [5.74, 6) is -0.0937. The average Bonchev–Trinajstić information content (AvgIpc) is 3.23. The summed E-state index contributed by atoms with van der Waals surface area (Å²) in [7, 11) is 1.36. The van der Waals surface area contributed by atoms with Gasteiger partial charge in [0.2, 0.25) is 0 Å². The van der Waals surface area contributed by atoms with Crippen LogP contribution in [0.4, 0.5) is 5.82 Å². The number of carbonyl (C=O) groups is 1. The van der Waals surface area contributed by atoms with Crippen molar-refractivity contribution in [1.82, 2.24) is 4.57 Å². The molecule has 0 bridgehead atoms. The zero-order chi connectivity index (χ0) is 22.3. The van der Waals surface area contributed by atoms with Crippen LogP contribution in [0.25, 0.3) is 28.1 Å². The van der Waals surface area contributed by atoms with Gasteiger partial charge in [-0.3, -0.25) is 10.5 Å². The molecule has 0 saturated carbocycles. The molecule has 0 atom stereocenters. The summed E-state index contributed by atoms with van der Waals surface area (Å²) in [5.41, 5.74) is 12.5. The number of allylic oxidation sites excluding steroid dienone is 3. The van der Waals surface area contributed by atoms with Crippen molar-refractivity contribution in [3.8, 4) is 12.1 Å². The molecule has 2 heterocycles. The Bertz CT molecular complexity index is 1410. The number of anilines is 1. The Morgan fingerprint density at radius 3 is 2.68 bits per heavy atom. The van der Waals surface area contributed by atoms with Gasteiger partial charge in [-0.1, -0.05) is 18.2 Å². The number of nitrogens with one attached hydrogen (secondary N) is 1. The number of ether oxygens (including phenoxy) is 1. The lowest BCUT2D eigenvalue weighted by molar-refractivity contribution is -0.364. The van der Waals surface area contributed by atoms with E-state index in [2.05, 4.69) is 17.1 Å². The van der Waals surface area contributed by atoms with Crippen molar-refractivity contribution in [2.75, 3.05) is 12.8 Å². The molecule has 2 aromatic heterocycles. The highest BCUT2D eigenvalue weighted by Gasteiger charge is 2.32. The van der Waals surface area contributed by atoms with Gasteiger partial charge in [-0.15, -0.1) is 0 Å². The van der Waals surface area contributed by atoms with Crippen LogP contribution < -0.4 is 10.7 Å². The minimum Gasteiger partial charge on any atom is -0.468 e. The quantitative estimate of drug-likeness (QED) is 0.665. The van der Waals surface area contributed by atoms with Gasteiger partial charge in [0.05, 0.1) is 7.11 Å². The van der Waals surface area contributed by atoms with Crippen LogP contribution in [-0.2, 0) is 16.1 Å². The molecule has 152 valence electrons. The molecule has 3 aromatic rings. The third-order valence-electron chi connectivity index (χ3n) is 5.70. The summed E-state index contributed by atoms with van der Waals surface area (Å²) >= 11 is 0. The molecule has 0 aliphatic heterocycles. The fraction of sp³-hybridized carbons (Fsp3) is 0.167. The maximum absolute atomic E-state index is 11.9. The molecule has 4 rings (SSSR count). The van der Waals surface area contributed by atoms with Crippen molar-refractivity contribution in [1.29, 1.82) is 10.5 Å². The fourth-order valence-electron chi connectivity index (χ4n) is 4.15. The number of esters is 1. The number of benzene rings is 1. The van der Waals surface area contributed by atoms with E-state index in [-0.39, 0.29) is 18.3 Å². The molecule has 1 aromatic carbocycles. The van der Waals surface area contributed by atoms with Crippen LogP contribution >= 0.6 is 0 Å². The topological polar surface area (TPSA) is 119 Å². The first-order chi connectivity index (χ1) is 14.9. The number of carbonyl (C=O) groups excluding carboxylic acids is 1. The summed E-state index contributed by atoms with van der Waals surface area (Å²) < 4.78 is 6.67. The van der Waals surface area contributed by atoms with E-state index >= 15 is 0 Å². The maximum Gasteiger partial charge on any atom is 0.325 e. The number of aromatic amines is 1. The van der Waals surface area contributed by atoms with Crippen molar-refractivity contribution >= 4 is 39.9 Å². The number of aromatic nitrogens is 2. The van der Waals surface area contributed by atoms with Gasteiger partial charge >= 0.3 is 5.97 Å². The molecule has 1 aliphatic rings. The largest absolute Gasteiger partial charge is 0.468 e. The van der Waals surface area contributed by atoms with Crippen LogP contribution in [0.5, 0.6) is 0 Å². The number of nitrogen functional groups attached to an aromatic ring is 1. The van der Waals surface area contributed by atoms with Gasteiger partial charge in [-0.05, 0) is 42.7 Å². The Morgan fingerprint density at radius 2 is 2.00 bits per heavy atom. The van der Waals surface area contributed by atoms with Crippen LogP contribution in [0, 0.1) is 29.6 Å². The minimum atomic E-state index is -0.339.